The fourth-order valence-corrected chi connectivity index (χ4v) is 3.17. The molecule has 0 bridgehead atoms. The molecular formula is C12H17NO5S2. The Morgan fingerprint density at radius 3 is 2.45 bits per heavy atom. The number of hydrogen-bond acceptors (Lipinski definition) is 5. The Balaban J connectivity index is 2.88. The molecule has 0 heterocycles. The Bertz CT molecular complexity index is 541. The molecule has 0 radical (unpaired) electrons. The van der Waals surface area contributed by atoms with Gasteiger partial charge >= 0.3 is 5.97 Å². The molecule has 6 nitrogen and oxygen atoms in total. The smallest absolute Gasteiger partial charge is 0.321 e. The number of aliphatic carboxylic acids is 1. The minimum absolute atomic E-state index is 0.00806. The summed E-state index contributed by atoms with van der Waals surface area (Å²) in [7, 11) is -2.38. The maximum atomic E-state index is 12.1. The minimum Gasteiger partial charge on any atom is -0.497 e. The third-order valence-corrected chi connectivity index (χ3v) is 4.71. The van der Waals surface area contributed by atoms with Gasteiger partial charge in [0.05, 0.1) is 12.0 Å². The lowest BCUT2D eigenvalue weighted by molar-refractivity contribution is -0.139. The van der Waals surface area contributed by atoms with Gasteiger partial charge in [0.15, 0.2) is 0 Å². The molecule has 0 amide bonds. The first kappa shape index (κ1) is 16.8. The van der Waals surface area contributed by atoms with Crippen LogP contribution in [0.15, 0.2) is 29.2 Å². The molecule has 0 unspecified atom stereocenters. The molecule has 112 valence electrons. The molecule has 0 aliphatic heterocycles. The van der Waals surface area contributed by atoms with Crippen LogP contribution < -0.4 is 9.46 Å². The first-order valence-corrected chi connectivity index (χ1v) is 8.66. The van der Waals surface area contributed by atoms with E-state index in [1.54, 1.807) is 0 Å². The highest BCUT2D eigenvalue weighted by Gasteiger charge is 2.24. The van der Waals surface area contributed by atoms with Crippen molar-refractivity contribution in [3.63, 3.8) is 0 Å². The van der Waals surface area contributed by atoms with E-state index in [-0.39, 0.29) is 11.3 Å². The summed E-state index contributed by atoms with van der Waals surface area (Å²) in [6.45, 7) is 0. The van der Waals surface area contributed by atoms with Crippen LogP contribution in [0.25, 0.3) is 0 Å². The molecule has 2 N–H and O–H groups in total. The Morgan fingerprint density at radius 2 is 2.00 bits per heavy atom. The van der Waals surface area contributed by atoms with Gasteiger partial charge in [0.25, 0.3) is 0 Å². The Labute approximate surface area is 122 Å². The number of thioether (sulfide) groups is 1. The average Bonchev–Trinajstić information content (AvgIpc) is 2.43. The lowest BCUT2D eigenvalue weighted by Gasteiger charge is -2.14. The van der Waals surface area contributed by atoms with E-state index in [1.165, 1.54) is 43.1 Å². The Kier molecular flexibility index (Phi) is 6.31. The van der Waals surface area contributed by atoms with Gasteiger partial charge in [-0.3, -0.25) is 4.79 Å². The van der Waals surface area contributed by atoms with E-state index in [0.717, 1.165) is 0 Å². The molecule has 0 aromatic heterocycles. The van der Waals surface area contributed by atoms with E-state index < -0.39 is 22.0 Å². The summed E-state index contributed by atoms with van der Waals surface area (Å²) in [4.78, 5) is 11.1. The van der Waals surface area contributed by atoms with Crippen LogP contribution in [0, 0.1) is 0 Å². The average molecular weight is 319 g/mol. The number of rotatable bonds is 8. The molecule has 0 aliphatic carbocycles. The van der Waals surface area contributed by atoms with Gasteiger partial charge in [0.2, 0.25) is 10.0 Å². The number of sulfonamides is 1. The zero-order valence-electron chi connectivity index (χ0n) is 11.2. The lowest BCUT2D eigenvalue weighted by atomic mass is 10.2. The molecular weight excluding hydrogens is 302 g/mol. The van der Waals surface area contributed by atoms with Crippen molar-refractivity contribution in [2.24, 2.45) is 0 Å². The van der Waals surface area contributed by atoms with Crippen LogP contribution in [0.5, 0.6) is 5.75 Å². The van der Waals surface area contributed by atoms with E-state index >= 15 is 0 Å². The molecule has 0 saturated heterocycles. The summed E-state index contributed by atoms with van der Waals surface area (Å²) in [5.41, 5.74) is 0. The molecule has 0 saturated carbocycles. The predicted molar refractivity (Wildman–Crippen MR) is 77.7 cm³/mol. The molecule has 1 atom stereocenters. The number of benzene rings is 1. The number of carboxylic acid groups (broad SMARTS) is 1. The number of hydrogen-bond donors (Lipinski definition) is 2. The van der Waals surface area contributed by atoms with Crippen molar-refractivity contribution in [1.29, 1.82) is 0 Å². The fraction of sp³-hybridized carbons (Fsp3) is 0.417. The van der Waals surface area contributed by atoms with E-state index in [1.807, 2.05) is 6.26 Å². The SMILES string of the molecule is COc1ccc(S(=O)(=O)N[C@@H](CCSC)C(=O)O)cc1. The van der Waals surface area contributed by atoms with Crippen molar-refractivity contribution in [1.82, 2.24) is 4.72 Å². The molecule has 1 rings (SSSR count). The van der Waals surface area contributed by atoms with Crippen molar-refractivity contribution in [3.05, 3.63) is 24.3 Å². The lowest BCUT2D eigenvalue weighted by Crippen LogP contribution is -2.41. The Hall–Kier alpha value is -1.25. The molecule has 8 heteroatoms. The summed E-state index contributed by atoms with van der Waals surface area (Å²) >= 11 is 1.46. The standard InChI is InChI=1S/C12H17NO5S2/c1-18-9-3-5-10(6-4-9)20(16,17)13-11(12(14)15)7-8-19-2/h3-6,11,13H,7-8H2,1-2H3,(H,14,15)/t11-/m0/s1. The van der Waals surface area contributed by atoms with Crippen LogP contribution in [0.4, 0.5) is 0 Å². The van der Waals surface area contributed by atoms with Crippen LogP contribution >= 0.6 is 11.8 Å². The van der Waals surface area contributed by atoms with Crippen molar-refractivity contribution < 1.29 is 23.1 Å². The van der Waals surface area contributed by atoms with E-state index in [4.69, 9.17) is 9.84 Å². The van der Waals surface area contributed by atoms with Gasteiger partial charge in [0, 0.05) is 0 Å². The summed E-state index contributed by atoms with van der Waals surface area (Å²) in [5.74, 6) is -0.0977. The third kappa shape index (κ3) is 4.69. The number of carboxylic acids is 1. The summed E-state index contributed by atoms with van der Waals surface area (Å²) in [6, 6.07) is 4.62. The molecule has 1 aromatic carbocycles. The predicted octanol–water partition coefficient (Wildman–Crippen LogP) is 1.18. The second kappa shape index (κ2) is 7.51. The van der Waals surface area contributed by atoms with Gasteiger partial charge in [-0.15, -0.1) is 0 Å². The number of nitrogens with one attached hydrogen (secondary N) is 1. The monoisotopic (exact) mass is 319 g/mol. The summed E-state index contributed by atoms with van der Waals surface area (Å²) < 4.78 is 31.3. The molecule has 0 aliphatic rings. The topological polar surface area (TPSA) is 92.7 Å². The summed E-state index contributed by atoms with van der Waals surface area (Å²) in [6.07, 6.45) is 2.06. The van der Waals surface area contributed by atoms with Crippen molar-refractivity contribution in [2.75, 3.05) is 19.1 Å². The minimum atomic E-state index is -3.86. The highest BCUT2D eigenvalue weighted by molar-refractivity contribution is 7.98. The largest absolute Gasteiger partial charge is 0.497 e. The maximum Gasteiger partial charge on any atom is 0.321 e. The maximum absolute atomic E-state index is 12.1. The zero-order chi connectivity index (χ0) is 15.2. The van der Waals surface area contributed by atoms with Crippen molar-refractivity contribution in [3.8, 4) is 5.75 Å². The molecule has 0 spiro atoms. The van der Waals surface area contributed by atoms with Crippen LogP contribution in [0.2, 0.25) is 0 Å². The van der Waals surface area contributed by atoms with E-state index in [9.17, 15) is 13.2 Å². The van der Waals surface area contributed by atoms with Crippen LogP contribution in [0.3, 0.4) is 0 Å². The van der Waals surface area contributed by atoms with Gasteiger partial charge in [-0.25, -0.2) is 8.42 Å². The first-order valence-electron chi connectivity index (χ1n) is 5.79. The highest BCUT2D eigenvalue weighted by Crippen LogP contribution is 2.16. The Morgan fingerprint density at radius 1 is 1.40 bits per heavy atom. The molecule has 20 heavy (non-hydrogen) atoms. The molecule has 1 aromatic rings. The second-order valence-corrected chi connectivity index (χ2v) is 6.67. The van der Waals surface area contributed by atoms with E-state index in [0.29, 0.717) is 11.5 Å². The molecule has 0 fully saturated rings. The fourth-order valence-electron chi connectivity index (χ4n) is 1.48. The zero-order valence-corrected chi connectivity index (χ0v) is 12.8. The van der Waals surface area contributed by atoms with Crippen molar-refractivity contribution in [2.45, 2.75) is 17.4 Å². The second-order valence-electron chi connectivity index (χ2n) is 3.97. The number of methoxy groups -OCH3 is 1. The van der Waals surface area contributed by atoms with Crippen LogP contribution in [-0.4, -0.2) is 44.7 Å². The summed E-state index contributed by atoms with van der Waals surface area (Å²) in [5, 5.41) is 9.04. The van der Waals surface area contributed by atoms with Crippen molar-refractivity contribution >= 4 is 27.8 Å². The van der Waals surface area contributed by atoms with Gasteiger partial charge in [0.1, 0.15) is 11.8 Å². The van der Waals surface area contributed by atoms with Gasteiger partial charge < -0.3 is 9.84 Å². The third-order valence-electron chi connectivity index (χ3n) is 2.58. The van der Waals surface area contributed by atoms with Gasteiger partial charge in [-0.05, 0) is 42.7 Å². The highest BCUT2D eigenvalue weighted by atomic mass is 32.2. The van der Waals surface area contributed by atoms with Crippen LogP contribution in [-0.2, 0) is 14.8 Å². The van der Waals surface area contributed by atoms with Gasteiger partial charge in [-0.2, -0.15) is 16.5 Å². The first-order chi connectivity index (χ1) is 9.40. The number of carbonyl (C=O) groups is 1. The quantitative estimate of drug-likeness (QED) is 0.747. The number of ether oxygens (including phenoxy) is 1. The van der Waals surface area contributed by atoms with Crippen LogP contribution in [0.1, 0.15) is 6.42 Å². The normalized spacial score (nSPS) is 12.9. The van der Waals surface area contributed by atoms with Gasteiger partial charge in [-0.1, -0.05) is 0 Å². The van der Waals surface area contributed by atoms with E-state index in [2.05, 4.69) is 4.72 Å².